The van der Waals surface area contributed by atoms with Crippen LogP contribution in [0.1, 0.15) is 65.2 Å². The van der Waals surface area contributed by atoms with E-state index < -0.39 is 0 Å². The maximum atomic E-state index is 6.17. The van der Waals surface area contributed by atoms with Gasteiger partial charge in [0.15, 0.2) is 5.96 Å². The normalized spacial score (nSPS) is 26.5. The lowest BCUT2D eigenvalue weighted by Gasteiger charge is -2.37. The Morgan fingerprint density at radius 3 is 2.33 bits per heavy atom. The van der Waals surface area contributed by atoms with Crippen molar-refractivity contribution < 1.29 is 0 Å². The molecule has 0 amide bonds. The fraction of sp³-hybridized carbons (Fsp3) is 0.933. The summed E-state index contributed by atoms with van der Waals surface area (Å²) >= 11 is 0. The topological polar surface area (TPSA) is 41.6 Å². The van der Waals surface area contributed by atoms with Gasteiger partial charge in [-0.1, -0.05) is 52.4 Å². The van der Waals surface area contributed by atoms with Crippen LogP contribution >= 0.6 is 0 Å². The van der Waals surface area contributed by atoms with Gasteiger partial charge in [-0.25, -0.2) is 0 Å². The minimum atomic E-state index is 0.572. The third-order valence-electron chi connectivity index (χ3n) is 4.87. The van der Waals surface area contributed by atoms with Crippen molar-refractivity contribution in [2.24, 2.45) is 16.6 Å². The zero-order valence-corrected chi connectivity index (χ0v) is 12.1. The van der Waals surface area contributed by atoms with Gasteiger partial charge >= 0.3 is 0 Å². The molecule has 18 heavy (non-hydrogen) atoms. The molecule has 2 N–H and O–H groups in total. The Bertz CT molecular complexity index is 275. The number of guanidine groups is 1. The van der Waals surface area contributed by atoms with Crippen LogP contribution < -0.4 is 5.73 Å². The summed E-state index contributed by atoms with van der Waals surface area (Å²) in [5, 5.41) is 0. The Morgan fingerprint density at radius 1 is 1.17 bits per heavy atom. The van der Waals surface area contributed by atoms with Gasteiger partial charge in [-0.3, -0.25) is 4.99 Å². The summed E-state index contributed by atoms with van der Waals surface area (Å²) in [5.41, 5.74) is 6.17. The van der Waals surface area contributed by atoms with Gasteiger partial charge in [-0.2, -0.15) is 0 Å². The molecule has 0 radical (unpaired) electrons. The van der Waals surface area contributed by atoms with Crippen molar-refractivity contribution in [3.63, 3.8) is 0 Å². The van der Waals surface area contributed by atoms with Crippen molar-refractivity contribution in [3.8, 4) is 0 Å². The number of nitrogens with two attached hydrogens (primary N) is 1. The van der Waals surface area contributed by atoms with E-state index in [1.807, 2.05) is 0 Å². The van der Waals surface area contributed by atoms with Gasteiger partial charge < -0.3 is 10.6 Å². The zero-order valence-electron chi connectivity index (χ0n) is 12.1. The summed E-state index contributed by atoms with van der Waals surface area (Å²) in [6.07, 6.45) is 10.6. The monoisotopic (exact) mass is 251 g/mol. The number of hydrogen-bond acceptors (Lipinski definition) is 3. The number of hydrogen-bond donors (Lipinski definition) is 1. The lowest BCUT2D eigenvalue weighted by Crippen LogP contribution is -2.50. The molecule has 1 aliphatic heterocycles. The molecule has 3 nitrogen and oxygen atoms in total. The highest BCUT2D eigenvalue weighted by molar-refractivity contribution is 5.80. The highest BCUT2D eigenvalue weighted by Gasteiger charge is 2.35. The first-order chi connectivity index (χ1) is 8.77. The molecule has 0 saturated heterocycles. The van der Waals surface area contributed by atoms with Crippen LogP contribution in [0.15, 0.2) is 4.99 Å². The molecular weight excluding hydrogens is 222 g/mol. The van der Waals surface area contributed by atoms with Crippen LogP contribution in [0, 0.1) is 5.92 Å². The van der Waals surface area contributed by atoms with Crippen molar-refractivity contribution in [2.75, 3.05) is 6.54 Å². The highest BCUT2D eigenvalue weighted by Crippen LogP contribution is 2.30. The van der Waals surface area contributed by atoms with E-state index in [2.05, 4.69) is 23.7 Å². The second-order valence-electron chi connectivity index (χ2n) is 5.90. The minimum Gasteiger partial charge on any atom is -0.370 e. The van der Waals surface area contributed by atoms with Crippen LogP contribution in [0.3, 0.4) is 0 Å². The Labute approximate surface area is 112 Å². The minimum absolute atomic E-state index is 0.572. The molecule has 3 heteroatoms. The smallest absolute Gasteiger partial charge is 0.191 e. The third kappa shape index (κ3) is 2.81. The predicted molar refractivity (Wildman–Crippen MR) is 77.7 cm³/mol. The Balaban J connectivity index is 2.08. The molecule has 1 atom stereocenters. The van der Waals surface area contributed by atoms with E-state index in [-0.39, 0.29) is 0 Å². The highest BCUT2D eigenvalue weighted by atomic mass is 15.3. The number of nitrogens with zero attached hydrogens (tertiary/aromatic N) is 2. The zero-order chi connectivity index (χ0) is 13.0. The van der Waals surface area contributed by atoms with Crippen molar-refractivity contribution in [2.45, 2.75) is 77.3 Å². The molecular formula is C15H29N3. The molecule has 2 aliphatic rings. The maximum absolute atomic E-state index is 6.17. The number of aliphatic imine (C=N–C) groups is 1. The van der Waals surface area contributed by atoms with E-state index in [0.717, 1.165) is 18.4 Å². The van der Waals surface area contributed by atoms with Crippen molar-refractivity contribution in [3.05, 3.63) is 0 Å². The second-order valence-corrected chi connectivity index (χ2v) is 5.90. The van der Waals surface area contributed by atoms with Crippen LogP contribution in [-0.2, 0) is 0 Å². The van der Waals surface area contributed by atoms with Gasteiger partial charge in [-0.15, -0.1) is 0 Å². The van der Waals surface area contributed by atoms with Gasteiger partial charge in [0.1, 0.15) is 0 Å². The molecule has 1 unspecified atom stereocenters. The lowest BCUT2D eigenvalue weighted by molar-refractivity contribution is 0.175. The fourth-order valence-electron chi connectivity index (χ4n) is 3.73. The maximum Gasteiger partial charge on any atom is 0.191 e. The van der Waals surface area contributed by atoms with E-state index in [1.165, 1.54) is 51.4 Å². The number of rotatable bonds is 4. The van der Waals surface area contributed by atoms with Crippen LogP contribution in [0.4, 0.5) is 0 Å². The van der Waals surface area contributed by atoms with E-state index in [4.69, 9.17) is 5.73 Å². The Hall–Kier alpha value is -0.730. The molecule has 0 aromatic carbocycles. The standard InChI is InChI=1S/C15H29N3/c1-3-12(4-2)14-11-17-15(16)18(14)13-9-7-5-6-8-10-13/h12-14H,3-11H2,1-2H3,(H2,16,17). The summed E-state index contributed by atoms with van der Waals surface area (Å²) < 4.78 is 0. The van der Waals surface area contributed by atoms with Crippen molar-refractivity contribution in [1.82, 2.24) is 4.90 Å². The van der Waals surface area contributed by atoms with Crippen molar-refractivity contribution >= 4 is 5.96 Å². The second kappa shape index (κ2) is 6.44. The first-order valence-corrected chi connectivity index (χ1v) is 7.86. The molecule has 0 bridgehead atoms. The SMILES string of the molecule is CCC(CC)C1CN=C(N)N1C1CCCCCC1. The molecule has 1 heterocycles. The van der Waals surface area contributed by atoms with Crippen LogP contribution in [-0.4, -0.2) is 29.5 Å². The molecule has 0 aromatic heterocycles. The van der Waals surface area contributed by atoms with Crippen LogP contribution in [0.2, 0.25) is 0 Å². The van der Waals surface area contributed by atoms with E-state index >= 15 is 0 Å². The first-order valence-electron chi connectivity index (χ1n) is 7.86. The van der Waals surface area contributed by atoms with Crippen LogP contribution in [0.5, 0.6) is 0 Å². The molecule has 2 rings (SSSR count). The Morgan fingerprint density at radius 2 is 1.78 bits per heavy atom. The summed E-state index contributed by atoms with van der Waals surface area (Å²) in [5.74, 6) is 1.57. The summed E-state index contributed by atoms with van der Waals surface area (Å²) in [7, 11) is 0. The molecule has 104 valence electrons. The molecule has 0 aromatic rings. The van der Waals surface area contributed by atoms with Gasteiger partial charge in [0.05, 0.1) is 12.6 Å². The first kappa shape index (κ1) is 13.7. The van der Waals surface area contributed by atoms with Crippen molar-refractivity contribution in [1.29, 1.82) is 0 Å². The van der Waals surface area contributed by atoms with Gasteiger partial charge in [0.25, 0.3) is 0 Å². The molecule has 1 fully saturated rings. The van der Waals surface area contributed by atoms with Gasteiger partial charge in [-0.05, 0) is 18.8 Å². The van der Waals surface area contributed by atoms with Crippen LogP contribution in [0.25, 0.3) is 0 Å². The average Bonchev–Trinajstić information content (AvgIpc) is 2.61. The summed E-state index contributed by atoms with van der Waals surface area (Å²) in [4.78, 5) is 7.03. The third-order valence-corrected chi connectivity index (χ3v) is 4.87. The van der Waals surface area contributed by atoms with E-state index in [1.54, 1.807) is 0 Å². The van der Waals surface area contributed by atoms with E-state index in [0.29, 0.717) is 12.1 Å². The summed E-state index contributed by atoms with van der Waals surface area (Å²) in [6, 6.07) is 1.23. The average molecular weight is 251 g/mol. The predicted octanol–water partition coefficient (Wildman–Crippen LogP) is 3.14. The Kier molecular flexibility index (Phi) is 4.90. The lowest BCUT2D eigenvalue weighted by atomic mass is 9.91. The van der Waals surface area contributed by atoms with E-state index in [9.17, 15) is 0 Å². The van der Waals surface area contributed by atoms with Gasteiger partial charge in [0, 0.05) is 6.04 Å². The molecule has 0 spiro atoms. The largest absolute Gasteiger partial charge is 0.370 e. The van der Waals surface area contributed by atoms with Gasteiger partial charge in [0.2, 0.25) is 0 Å². The fourth-order valence-corrected chi connectivity index (χ4v) is 3.73. The quantitative estimate of drug-likeness (QED) is 0.780. The summed E-state index contributed by atoms with van der Waals surface area (Å²) in [6.45, 7) is 5.52. The molecule has 1 aliphatic carbocycles. The molecule has 1 saturated carbocycles.